The molecular formula is C6H4I2O2. The first kappa shape index (κ1) is 8.38. The summed E-state index contributed by atoms with van der Waals surface area (Å²) >= 11 is 3.67. The van der Waals surface area contributed by atoms with Crippen LogP contribution >= 0.6 is 46.0 Å². The number of rotatable bonds is 2. The molecule has 0 bridgehead atoms. The van der Waals surface area contributed by atoms with E-state index in [-0.39, 0.29) is 0 Å². The molecule has 54 valence electrons. The van der Waals surface area contributed by atoms with Gasteiger partial charge in [-0.3, -0.25) is 0 Å². The zero-order valence-corrected chi connectivity index (χ0v) is 9.20. The van der Waals surface area contributed by atoms with Crippen LogP contribution < -0.4 is 6.13 Å². The predicted molar refractivity (Wildman–Crippen MR) is 55.7 cm³/mol. The van der Waals surface area contributed by atoms with Gasteiger partial charge in [-0.2, -0.15) is 0 Å². The molecule has 0 radical (unpaired) electrons. The second kappa shape index (κ2) is 4.22. The van der Waals surface area contributed by atoms with Gasteiger partial charge in [0.1, 0.15) is 11.5 Å². The Balaban J connectivity index is 2.80. The molecule has 0 aliphatic rings. The minimum Gasteiger partial charge on any atom is -0.428 e. The average molecular weight is 362 g/mol. The van der Waals surface area contributed by atoms with Gasteiger partial charge in [0.2, 0.25) is 0 Å². The van der Waals surface area contributed by atoms with Crippen LogP contribution in [0.3, 0.4) is 0 Å². The van der Waals surface area contributed by atoms with Gasteiger partial charge in [0.25, 0.3) is 0 Å². The molecule has 0 aromatic heterocycles. The highest BCUT2D eigenvalue weighted by atomic mass is 127. The molecule has 0 amide bonds. The molecule has 1 rings (SSSR count). The molecule has 1 aromatic carbocycles. The van der Waals surface area contributed by atoms with Crippen molar-refractivity contribution < 1.29 is 6.13 Å². The SMILES string of the molecule is IOc1ccc(OI)cc1. The van der Waals surface area contributed by atoms with Crippen molar-refractivity contribution >= 4 is 46.0 Å². The lowest BCUT2D eigenvalue weighted by molar-refractivity contribution is 0.696. The van der Waals surface area contributed by atoms with Gasteiger partial charge in [-0.15, -0.1) is 0 Å². The Bertz CT molecular complexity index is 174. The van der Waals surface area contributed by atoms with Crippen LogP contribution in [0.1, 0.15) is 0 Å². The summed E-state index contributed by atoms with van der Waals surface area (Å²) in [6.45, 7) is 0. The summed E-state index contributed by atoms with van der Waals surface area (Å²) in [6, 6.07) is 7.39. The summed E-state index contributed by atoms with van der Waals surface area (Å²) in [5.41, 5.74) is 0. The maximum absolute atomic E-state index is 4.93. The van der Waals surface area contributed by atoms with Crippen LogP contribution in [0.2, 0.25) is 0 Å². The zero-order valence-electron chi connectivity index (χ0n) is 4.88. The van der Waals surface area contributed by atoms with Crippen molar-refractivity contribution in [2.24, 2.45) is 0 Å². The van der Waals surface area contributed by atoms with Crippen molar-refractivity contribution in [3.63, 3.8) is 0 Å². The maximum atomic E-state index is 4.93. The Hall–Kier alpha value is 0.280. The van der Waals surface area contributed by atoms with Crippen LogP contribution in [0.25, 0.3) is 0 Å². The van der Waals surface area contributed by atoms with E-state index in [0.29, 0.717) is 0 Å². The Labute approximate surface area is 87.3 Å². The van der Waals surface area contributed by atoms with Gasteiger partial charge in [0, 0.05) is 0 Å². The lowest BCUT2D eigenvalue weighted by atomic mass is 10.3. The quantitative estimate of drug-likeness (QED) is 0.753. The molecule has 0 spiro atoms. The Morgan fingerprint density at radius 1 is 0.800 bits per heavy atom. The predicted octanol–water partition coefficient (Wildman–Crippen LogP) is 3.14. The third-order valence-electron chi connectivity index (χ3n) is 1.00. The van der Waals surface area contributed by atoms with E-state index in [0.717, 1.165) is 11.5 Å². The van der Waals surface area contributed by atoms with E-state index >= 15 is 0 Å². The van der Waals surface area contributed by atoms with Crippen LogP contribution in [0.4, 0.5) is 0 Å². The maximum Gasteiger partial charge on any atom is 0.192 e. The lowest BCUT2D eigenvalue weighted by Crippen LogP contribution is -1.74. The first-order chi connectivity index (χ1) is 4.86. The molecule has 10 heavy (non-hydrogen) atoms. The summed E-state index contributed by atoms with van der Waals surface area (Å²) in [6.07, 6.45) is 0. The molecule has 2 nitrogen and oxygen atoms in total. The second-order valence-electron chi connectivity index (χ2n) is 1.63. The number of halogens is 2. The monoisotopic (exact) mass is 362 g/mol. The molecule has 1 aromatic rings. The molecule has 4 heteroatoms. The molecule has 0 atom stereocenters. The van der Waals surface area contributed by atoms with E-state index in [9.17, 15) is 0 Å². The molecule has 0 fully saturated rings. The summed E-state index contributed by atoms with van der Waals surface area (Å²) < 4.78 is 9.85. The highest BCUT2D eigenvalue weighted by Gasteiger charge is 1.91. The lowest BCUT2D eigenvalue weighted by Gasteiger charge is -1.97. The molecule has 0 N–H and O–H groups in total. The molecule has 0 heterocycles. The van der Waals surface area contributed by atoms with Crippen molar-refractivity contribution in [1.82, 2.24) is 0 Å². The van der Waals surface area contributed by atoms with E-state index < -0.39 is 0 Å². The van der Waals surface area contributed by atoms with Crippen LogP contribution in [0.15, 0.2) is 24.3 Å². The van der Waals surface area contributed by atoms with Crippen LogP contribution in [-0.4, -0.2) is 0 Å². The number of hydrogen-bond donors (Lipinski definition) is 0. The fourth-order valence-electron chi connectivity index (χ4n) is 0.543. The van der Waals surface area contributed by atoms with Crippen LogP contribution in [-0.2, 0) is 0 Å². The zero-order chi connectivity index (χ0) is 7.40. The summed E-state index contributed by atoms with van der Waals surface area (Å²) in [5.74, 6) is 1.66. The normalized spacial score (nSPS) is 9.00. The van der Waals surface area contributed by atoms with Crippen LogP contribution in [0.5, 0.6) is 11.5 Å². The fraction of sp³-hybridized carbons (Fsp3) is 0. The topological polar surface area (TPSA) is 18.5 Å². The summed E-state index contributed by atoms with van der Waals surface area (Å²) in [7, 11) is 0. The standard InChI is InChI=1S/C6H4I2O2/c7-9-5-1-2-6(10-8)4-3-5/h1-4H. The van der Waals surface area contributed by atoms with E-state index in [1.807, 2.05) is 70.3 Å². The van der Waals surface area contributed by atoms with Gasteiger partial charge in [0.15, 0.2) is 46.0 Å². The van der Waals surface area contributed by atoms with Gasteiger partial charge in [-0.25, -0.2) is 0 Å². The minimum absolute atomic E-state index is 0.831. The van der Waals surface area contributed by atoms with Gasteiger partial charge in [-0.05, 0) is 24.3 Å². The van der Waals surface area contributed by atoms with Crippen molar-refractivity contribution in [3.8, 4) is 11.5 Å². The number of benzene rings is 1. The van der Waals surface area contributed by atoms with Gasteiger partial charge < -0.3 is 6.13 Å². The molecule has 0 saturated carbocycles. The van der Waals surface area contributed by atoms with E-state index in [2.05, 4.69) is 0 Å². The average Bonchev–Trinajstić information content (AvgIpc) is 2.05. The summed E-state index contributed by atoms with van der Waals surface area (Å²) in [4.78, 5) is 0. The first-order valence-corrected chi connectivity index (χ1v) is 4.30. The summed E-state index contributed by atoms with van der Waals surface area (Å²) in [5, 5.41) is 0. The first-order valence-electron chi connectivity index (χ1n) is 2.54. The smallest absolute Gasteiger partial charge is 0.192 e. The minimum atomic E-state index is 0.831. The molecule has 0 aliphatic carbocycles. The van der Waals surface area contributed by atoms with E-state index in [1.54, 1.807) is 0 Å². The van der Waals surface area contributed by atoms with Gasteiger partial charge in [0.05, 0.1) is 0 Å². The molecule has 0 aliphatic heterocycles. The van der Waals surface area contributed by atoms with E-state index in [1.165, 1.54) is 0 Å². The van der Waals surface area contributed by atoms with Crippen molar-refractivity contribution in [1.29, 1.82) is 0 Å². The second-order valence-corrected chi connectivity index (χ2v) is 2.51. The molecule has 0 unspecified atom stereocenters. The van der Waals surface area contributed by atoms with Crippen LogP contribution in [0, 0.1) is 0 Å². The molecular weight excluding hydrogens is 358 g/mol. The fourth-order valence-corrected chi connectivity index (χ4v) is 1.13. The third kappa shape index (κ3) is 2.15. The third-order valence-corrected chi connectivity index (χ3v) is 2.02. The van der Waals surface area contributed by atoms with Crippen molar-refractivity contribution in [3.05, 3.63) is 24.3 Å². The van der Waals surface area contributed by atoms with Crippen molar-refractivity contribution in [2.75, 3.05) is 0 Å². The number of hydrogen-bond acceptors (Lipinski definition) is 2. The molecule has 0 saturated heterocycles. The Morgan fingerprint density at radius 3 is 1.30 bits per heavy atom. The Kier molecular flexibility index (Phi) is 3.53. The van der Waals surface area contributed by atoms with E-state index in [4.69, 9.17) is 6.13 Å². The van der Waals surface area contributed by atoms with Crippen molar-refractivity contribution in [2.45, 2.75) is 0 Å². The highest BCUT2D eigenvalue weighted by molar-refractivity contribution is 14.1. The Morgan fingerprint density at radius 2 is 1.10 bits per heavy atom. The largest absolute Gasteiger partial charge is 0.428 e. The van der Waals surface area contributed by atoms with Gasteiger partial charge in [-0.1, -0.05) is 0 Å². The highest BCUT2D eigenvalue weighted by Crippen LogP contribution is 2.19. The van der Waals surface area contributed by atoms with Gasteiger partial charge >= 0.3 is 0 Å².